The molecule has 9 heteroatoms. The Morgan fingerprint density at radius 3 is 2.60 bits per heavy atom. The van der Waals surface area contributed by atoms with Crippen molar-refractivity contribution >= 4 is 21.7 Å². The third-order valence-corrected chi connectivity index (χ3v) is 5.63. The average Bonchev–Trinajstić information content (AvgIpc) is 2.98. The number of anilines is 1. The quantitative estimate of drug-likeness (QED) is 0.437. The maximum Gasteiger partial charge on any atom is 0.213 e. The van der Waals surface area contributed by atoms with Crippen molar-refractivity contribution in [2.75, 3.05) is 37.4 Å². The smallest absolute Gasteiger partial charge is 0.213 e. The lowest BCUT2D eigenvalue weighted by atomic mass is 10.2. The first-order valence-electron chi connectivity index (χ1n) is 10.0. The summed E-state index contributed by atoms with van der Waals surface area (Å²) in [6.45, 7) is 4.24. The van der Waals surface area contributed by atoms with Crippen LogP contribution in [0.2, 0.25) is 0 Å². The van der Waals surface area contributed by atoms with Crippen LogP contribution < -0.4 is 24.8 Å². The largest absolute Gasteiger partial charge is 0.490 e. The molecular formula is C21H28N4O4S. The van der Waals surface area contributed by atoms with Crippen LogP contribution in [0.15, 0.2) is 53.5 Å². The zero-order valence-corrected chi connectivity index (χ0v) is 17.9. The Kier molecular flexibility index (Phi) is 7.92. The van der Waals surface area contributed by atoms with E-state index in [2.05, 4.69) is 20.3 Å². The molecule has 2 aromatic rings. The number of nitrogens with one attached hydrogen (secondary N) is 3. The van der Waals surface area contributed by atoms with Gasteiger partial charge >= 0.3 is 0 Å². The van der Waals surface area contributed by atoms with Gasteiger partial charge in [0.2, 0.25) is 10.0 Å². The molecule has 3 N–H and O–H groups in total. The van der Waals surface area contributed by atoms with Crippen molar-refractivity contribution in [3.8, 4) is 11.5 Å². The molecule has 0 unspecified atom stereocenters. The predicted octanol–water partition coefficient (Wildman–Crippen LogP) is 2.34. The van der Waals surface area contributed by atoms with Gasteiger partial charge in [-0.25, -0.2) is 13.1 Å². The Hall–Kier alpha value is -2.78. The van der Waals surface area contributed by atoms with Gasteiger partial charge in [-0.15, -0.1) is 0 Å². The fourth-order valence-electron chi connectivity index (χ4n) is 2.82. The maximum absolute atomic E-state index is 12.2. The van der Waals surface area contributed by atoms with E-state index in [1.807, 2.05) is 55.5 Å². The molecule has 0 fully saturated rings. The molecule has 0 amide bonds. The third-order valence-electron chi connectivity index (χ3n) is 4.32. The maximum atomic E-state index is 12.2. The fourth-order valence-corrected chi connectivity index (χ4v) is 3.69. The van der Waals surface area contributed by atoms with E-state index in [0.29, 0.717) is 31.5 Å². The second-order valence-electron chi connectivity index (χ2n) is 6.72. The molecule has 0 bridgehead atoms. The number of ether oxygens (including phenoxy) is 2. The summed E-state index contributed by atoms with van der Waals surface area (Å²) in [5.41, 5.74) is 1.69. The van der Waals surface area contributed by atoms with Crippen LogP contribution in [0.3, 0.4) is 0 Å². The molecule has 30 heavy (non-hydrogen) atoms. The van der Waals surface area contributed by atoms with Crippen LogP contribution in [0.1, 0.15) is 18.9 Å². The van der Waals surface area contributed by atoms with Crippen molar-refractivity contribution in [2.45, 2.75) is 19.9 Å². The second-order valence-corrected chi connectivity index (χ2v) is 8.65. The lowest BCUT2D eigenvalue weighted by Gasteiger charge is -2.14. The van der Waals surface area contributed by atoms with Gasteiger partial charge in [0.05, 0.1) is 25.5 Å². The summed E-state index contributed by atoms with van der Waals surface area (Å²) < 4.78 is 38.4. The van der Waals surface area contributed by atoms with Gasteiger partial charge < -0.3 is 20.1 Å². The highest BCUT2D eigenvalue weighted by molar-refractivity contribution is 7.89. The van der Waals surface area contributed by atoms with E-state index >= 15 is 0 Å². The number of hydrogen-bond acceptors (Lipinski definition) is 5. The van der Waals surface area contributed by atoms with Gasteiger partial charge in [0.25, 0.3) is 0 Å². The Balaban J connectivity index is 1.57. The summed E-state index contributed by atoms with van der Waals surface area (Å²) in [6, 6.07) is 15.0. The van der Waals surface area contributed by atoms with Crippen LogP contribution in [0.4, 0.5) is 5.69 Å². The molecule has 0 saturated carbocycles. The van der Waals surface area contributed by atoms with Gasteiger partial charge in [0.15, 0.2) is 17.5 Å². The molecule has 1 aliphatic heterocycles. The van der Waals surface area contributed by atoms with Gasteiger partial charge in [0.1, 0.15) is 0 Å². The molecule has 0 atom stereocenters. The molecule has 1 heterocycles. The molecule has 162 valence electrons. The molecule has 0 saturated heterocycles. The highest BCUT2D eigenvalue weighted by Gasteiger charge is 2.12. The zero-order chi connectivity index (χ0) is 21.2. The Bertz CT molecular complexity index is 949. The number of nitrogens with zero attached hydrogens (tertiary/aromatic N) is 1. The summed E-state index contributed by atoms with van der Waals surface area (Å²) in [5.74, 6) is 1.80. The van der Waals surface area contributed by atoms with Crippen molar-refractivity contribution in [1.29, 1.82) is 0 Å². The van der Waals surface area contributed by atoms with E-state index in [-0.39, 0.29) is 18.8 Å². The summed E-state index contributed by atoms with van der Waals surface area (Å²) in [7, 11) is -3.43. The van der Waals surface area contributed by atoms with E-state index in [1.54, 1.807) is 0 Å². The molecule has 0 aliphatic carbocycles. The van der Waals surface area contributed by atoms with Crippen LogP contribution in [0, 0.1) is 0 Å². The molecule has 0 radical (unpaired) electrons. The topological polar surface area (TPSA) is 101 Å². The number of fused-ring (bicyclic) bond motifs is 1. The SMILES string of the molecule is CCNC(=NCCS(=O)(=O)NCc1ccccc1)Nc1ccc2c(c1)OCCCO2. The number of hydrogen-bond donors (Lipinski definition) is 3. The van der Waals surface area contributed by atoms with Crippen molar-refractivity contribution in [3.05, 3.63) is 54.1 Å². The molecule has 3 rings (SSSR count). The average molecular weight is 433 g/mol. The van der Waals surface area contributed by atoms with Crippen LogP contribution >= 0.6 is 0 Å². The molecule has 2 aromatic carbocycles. The van der Waals surface area contributed by atoms with Gasteiger partial charge in [-0.2, -0.15) is 0 Å². The van der Waals surface area contributed by atoms with E-state index in [9.17, 15) is 8.42 Å². The Labute approximate surface area is 177 Å². The first kappa shape index (κ1) is 21.9. The minimum Gasteiger partial charge on any atom is -0.490 e. The highest BCUT2D eigenvalue weighted by atomic mass is 32.2. The van der Waals surface area contributed by atoms with E-state index in [0.717, 1.165) is 23.4 Å². The zero-order valence-electron chi connectivity index (χ0n) is 17.1. The fraction of sp³-hybridized carbons (Fsp3) is 0.381. The lowest BCUT2D eigenvalue weighted by molar-refractivity contribution is 0.297. The van der Waals surface area contributed by atoms with Crippen LogP contribution in [0.25, 0.3) is 0 Å². The monoisotopic (exact) mass is 432 g/mol. The van der Waals surface area contributed by atoms with E-state index in [1.165, 1.54) is 0 Å². The summed E-state index contributed by atoms with van der Waals surface area (Å²) >= 11 is 0. The summed E-state index contributed by atoms with van der Waals surface area (Å²) in [4.78, 5) is 4.38. The number of aliphatic imine (C=N–C) groups is 1. The van der Waals surface area contributed by atoms with Crippen molar-refractivity contribution in [1.82, 2.24) is 10.0 Å². The second kappa shape index (κ2) is 10.8. The number of benzene rings is 2. The molecule has 1 aliphatic rings. The normalized spacial score (nSPS) is 14.1. The van der Waals surface area contributed by atoms with Crippen molar-refractivity contribution in [2.24, 2.45) is 4.99 Å². The van der Waals surface area contributed by atoms with Gasteiger partial charge in [-0.05, 0) is 24.6 Å². The minimum atomic E-state index is -3.43. The van der Waals surface area contributed by atoms with Crippen molar-refractivity contribution < 1.29 is 17.9 Å². The number of rotatable bonds is 8. The minimum absolute atomic E-state index is 0.0997. The molecule has 8 nitrogen and oxygen atoms in total. The van der Waals surface area contributed by atoms with Crippen LogP contribution in [-0.4, -0.2) is 46.4 Å². The molecule has 0 aromatic heterocycles. The standard InChI is InChI=1S/C21H28N4O4S/c1-2-22-21(25-18-9-10-19-20(15-18)29-13-6-12-28-19)23-11-14-30(26,27)24-16-17-7-4-3-5-8-17/h3-5,7-10,15,24H,2,6,11-14,16H2,1H3,(H2,22,23,25). The third kappa shape index (κ3) is 6.93. The Morgan fingerprint density at radius 2 is 1.83 bits per heavy atom. The van der Waals surface area contributed by atoms with Gasteiger partial charge in [-0.3, -0.25) is 4.99 Å². The van der Waals surface area contributed by atoms with Gasteiger partial charge in [0, 0.05) is 31.3 Å². The first-order chi connectivity index (χ1) is 14.6. The lowest BCUT2D eigenvalue weighted by Crippen LogP contribution is -2.32. The predicted molar refractivity (Wildman–Crippen MR) is 119 cm³/mol. The number of sulfonamides is 1. The Morgan fingerprint density at radius 1 is 1.07 bits per heavy atom. The van der Waals surface area contributed by atoms with E-state index in [4.69, 9.17) is 9.47 Å². The van der Waals surface area contributed by atoms with Crippen LogP contribution in [0.5, 0.6) is 11.5 Å². The van der Waals surface area contributed by atoms with Crippen LogP contribution in [-0.2, 0) is 16.6 Å². The van der Waals surface area contributed by atoms with Gasteiger partial charge in [-0.1, -0.05) is 30.3 Å². The van der Waals surface area contributed by atoms with Crippen molar-refractivity contribution in [3.63, 3.8) is 0 Å². The molecular weight excluding hydrogens is 404 g/mol. The summed E-state index contributed by atoms with van der Waals surface area (Å²) in [6.07, 6.45) is 0.842. The highest BCUT2D eigenvalue weighted by Crippen LogP contribution is 2.32. The summed E-state index contributed by atoms with van der Waals surface area (Å²) in [5, 5.41) is 6.30. The number of guanidine groups is 1. The first-order valence-corrected chi connectivity index (χ1v) is 11.7. The van der Waals surface area contributed by atoms with E-state index < -0.39 is 10.0 Å². The molecule has 0 spiro atoms.